The van der Waals surface area contributed by atoms with Crippen molar-refractivity contribution in [2.24, 2.45) is 0 Å². The number of para-hydroxylation sites is 1. The van der Waals surface area contributed by atoms with Crippen molar-refractivity contribution >= 4 is 32.7 Å². The fourth-order valence-electron chi connectivity index (χ4n) is 12.5. The maximum absolute atomic E-state index is 7.21. The normalized spacial score (nSPS) is 14.2. The molecule has 0 saturated carbocycles. The summed E-state index contributed by atoms with van der Waals surface area (Å²) in [6.07, 6.45) is 0. The molecule has 15 rings (SSSR count). The Morgan fingerprint density at radius 3 is 1.51 bits per heavy atom. The quantitative estimate of drug-likeness (QED) is 0.178. The zero-order chi connectivity index (χ0) is 43.8. The van der Waals surface area contributed by atoms with E-state index < -0.39 is 10.8 Å². The Labute approximate surface area is 386 Å². The molecule has 12 aromatic rings. The number of hydrogen-bond acceptors (Lipinski definition) is 4. The molecule has 0 radical (unpaired) electrons. The molecule has 0 saturated heterocycles. The molecule has 0 N–H and O–H groups in total. The zero-order valence-electron chi connectivity index (χ0n) is 36.1. The van der Waals surface area contributed by atoms with E-state index in [1.165, 1.54) is 50.1 Å². The van der Waals surface area contributed by atoms with Crippen molar-refractivity contribution in [3.05, 3.63) is 269 Å². The molecule has 0 bridgehead atoms. The lowest BCUT2D eigenvalue weighted by Crippen LogP contribution is -2.43. The van der Waals surface area contributed by atoms with Crippen molar-refractivity contribution in [3.63, 3.8) is 0 Å². The van der Waals surface area contributed by atoms with E-state index in [1.807, 2.05) is 18.2 Å². The van der Waals surface area contributed by atoms with Gasteiger partial charge in [0.25, 0.3) is 0 Å². The van der Waals surface area contributed by atoms with Gasteiger partial charge in [0.1, 0.15) is 11.2 Å². The third-order valence-corrected chi connectivity index (χ3v) is 15.0. The highest BCUT2D eigenvalue weighted by Crippen LogP contribution is 2.69. The van der Waals surface area contributed by atoms with E-state index in [0.717, 1.165) is 66.1 Å². The topological polar surface area (TPSA) is 51.8 Å². The maximum atomic E-state index is 7.21. The third-order valence-electron chi connectivity index (χ3n) is 15.0. The minimum atomic E-state index is -0.799. The molecule has 4 nitrogen and oxygen atoms in total. The van der Waals surface area contributed by atoms with E-state index in [9.17, 15) is 0 Å². The third kappa shape index (κ3) is 4.64. The minimum Gasteiger partial charge on any atom is -0.456 e. The van der Waals surface area contributed by atoms with Gasteiger partial charge in [-0.25, -0.2) is 15.0 Å². The van der Waals surface area contributed by atoms with Gasteiger partial charge in [0, 0.05) is 33.0 Å². The van der Waals surface area contributed by atoms with Gasteiger partial charge in [-0.2, -0.15) is 0 Å². The Balaban J connectivity index is 1.10. The second-order valence-corrected chi connectivity index (χ2v) is 18.1. The monoisotopic (exact) mass is 851 g/mol. The Morgan fingerprint density at radius 1 is 0.299 bits per heavy atom. The van der Waals surface area contributed by atoms with Crippen LogP contribution in [0, 0.1) is 0 Å². The average molecular weight is 852 g/mol. The summed E-state index contributed by atoms with van der Waals surface area (Å²) < 4.78 is 7.21. The molecule has 3 aliphatic rings. The van der Waals surface area contributed by atoms with Crippen LogP contribution in [0.25, 0.3) is 89.1 Å². The van der Waals surface area contributed by atoms with Crippen molar-refractivity contribution in [1.82, 2.24) is 15.0 Å². The smallest absolute Gasteiger partial charge is 0.164 e. The van der Waals surface area contributed by atoms with E-state index in [2.05, 4.69) is 206 Å². The van der Waals surface area contributed by atoms with Gasteiger partial charge in [0.05, 0.1) is 10.8 Å². The molecule has 3 aliphatic carbocycles. The molecule has 0 atom stereocenters. The predicted molar refractivity (Wildman–Crippen MR) is 269 cm³/mol. The Kier molecular flexibility index (Phi) is 7.33. The molecule has 67 heavy (non-hydrogen) atoms. The van der Waals surface area contributed by atoms with Gasteiger partial charge in [-0.15, -0.1) is 0 Å². The van der Waals surface area contributed by atoms with Crippen LogP contribution >= 0.6 is 0 Å². The molecule has 2 heterocycles. The molecule has 0 fully saturated rings. The molecule has 310 valence electrons. The number of furan rings is 1. The molecule has 2 aromatic heterocycles. The van der Waals surface area contributed by atoms with Crippen molar-refractivity contribution in [3.8, 4) is 56.4 Å². The van der Waals surface area contributed by atoms with Gasteiger partial charge in [0.2, 0.25) is 0 Å². The minimum absolute atomic E-state index is 0.569. The SMILES string of the molecule is c1ccc(-c2nc(-c3cccc4c3-c3ccc5c(oc6ccccc65)c3C43c4ccccc4C4(c5ccccc5-c5ccccc54)c4ccccc43)nc(-c3cccc4ccccc34)n2)cc1. The largest absolute Gasteiger partial charge is 0.456 e. The summed E-state index contributed by atoms with van der Waals surface area (Å²) in [5, 5.41) is 4.42. The first-order chi connectivity index (χ1) is 33.2. The molecule has 0 unspecified atom stereocenters. The van der Waals surface area contributed by atoms with Gasteiger partial charge in [-0.05, 0) is 84.1 Å². The molecular formula is C63H37N3O. The molecule has 2 spiro atoms. The standard InChI is InChI=1S/C63H37N3O/c1-2-19-39(20-3-1)59-64-60(45-26-16-21-38-18-4-5-22-40(38)45)66-61(65-59)47-27-17-34-54-56(47)46-37-36-44-43-25-8-15-35-55(43)67-58(44)57(46)63(54)52-32-13-11-30-50(52)62(51-31-12-14-33-53(51)63)48-28-9-6-23-41(48)42-24-7-10-29-49(42)62/h1-37H. The number of nitrogens with zero attached hydrogens (tertiary/aromatic N) is 3. The zero-order valence-corrected chi connectivity index (χ0v) is 36.1. The van der Waals surface area contributed by atoms with Crippen molar-refractivity contribution in [2.75, 3.05) is 0 Å². The summed E-state index contributed by atoms with van der Waals surface area (Å²) in [6, 6.07) is 81.4. The van der Waals surface area contributed by atoms with E-state index >= 15 is 0 Å². The summed E-state index contributed by atoms with van der Waals surface area (Å²) in [6.45, 7) is 0. The second kappa shape index (κ2) is 13.4. The highest BCUT2D eigenvalue weighted by molar-refractivity contribution is 6.12. The summed E-state index contributed by atoms with van der Waals surface area (Å²) in [5.74, 6) is 1.88. The fraction of sp³-hybridized carbons (Fsp3) is 0.0317. The van der Waals surface area contributed by atoms with E-state index in [4.69, 9.17) is 19.4 Å². The van der Waals surface area contributed by atoms with Gasteiger partial charge in [0.15, 0.2) is 17.5 Å². The van der Waals surface area contributed by atoms with Crippen LogP contribution in [0.1, 0.15) is 44.5 Å². The summed E-state index contributed by atoms with van der Waals surface area (Å²) >= 11 is 0. The Hall–Kier alpha value is -8.73. The Morgan fingerprint density at radius 2 is 0.791 bits per heavy atom. The number of fused-ring (bicyclic) bond motifs is 21. The van der Waals surface area contributed by atoms with Gasteiger partial charge in [-0.3, -0.25) is 0 Å². The van der Waals surface area contributed by atoms with E-state index in [1.54, 1.807) is 0 Å². The van der Waals surface area contributed by atoms with E-state index in [0.29, 0.717) is 17.5 Å². The van der Waals surface area contributed by atoms with Crippen LogP contribution in [0.5, 0.6) is 0 Å². The first kappa shape index (κ1) is 36.6. The van der Waals surface area contributed by atoms with Crippen molar-refractivity contribution in [2.45, 2.75) is 10.8 Å². The number of hydrogen-bond donors (Lipinski definition) is 0. The summed E-state index contributed by atoms with van der Waals surface area (Å²) in [4.78, 5) is 16.1. The van der Waals surface area contributed by atoms with Crippen LogP contribution in [0.15, 0.2) is 229 Å². The van der Waals surface area contributed by atoms with Crippen LogP contribution in [-0.4, -0.2) is 15.0 Å². The highest BCUT2D eigenvalue weighted by atomic mass is 16.3. The molecule has 4 heteroatoms. The second-order valence-electron chi connectivity index (χ2n) is 18.1. The van der Waals surface area contributed by atoms with Gasteiger partial charge in [-0.1, -0.05) is 212 Å². The van der Waals surface area contributed by atoms with Crippen LogP contribution in [-0.2, 0) is 10.8 Å². The molecular weight excluding hydrogens is 815 g/mol. The lowest BCUT2D eigenvalue weighted by atomic mass is 9.52. The lowest BCUT2D eigenvalue weighted by Gasteiger charge is -2.48. The molecule has 0 amide bonds. The van der Waals surface area contributed by atoms with Crippen molar-refractivity contribution in [1.29, 1.82) is 0 Å². The van der Waals surface area contributed by atoms with Gasteiger partial charge >= 0.3 is 0 Å². The van der Waals surface area contributed by atoms with Crippen LogP contribution in [0.4, 0.5) is 0 Å². The Bertz CT molecular complexity index is 3970. The average Bonchev–Trinajstić information content (AvgIpc) is 4.03. The molecule has 0 aliphatic heterocycles. The maximum Gasteiger partial charge on any atom is 0.164 e. The van der Waals surface area contributed by atoms with Crippen LogP contribution in [0.2, 0.25) is 0 Å². The van der Waals surface area contributed by atoms with Gasteiger partial charge < -0.3 is 4.42 Å². The van der Waals surface area contributed by atoms with Crippen LogP contribution < -0.4 is 0 Å². The highest BCUT2D eigenvalue weighted by Gasteiger charge is 2.60. The number of benzene rings is 10. The summed E-state index contributed by atoms with van der Waals surface area (Å²) in [7, 11) is 0. The van der Waals surface area contributed by atoms with E-state index in [-0.39, 0.29) is 0 Å². The summed E-state index contributed by atoms with van der Waals surface area (Å²) in [5.41, 5.74) is 17.9. The molecule has 10 aromatic carbocycles. The van der Waals surface area contributed by atoms with Crippen molar-refractivity contribution < 1.29 is 4.42 Å². The number of aromatic nitrogens is 3. The number of rotatable bonds is 3. The van der Waals surface area contributed by atoms with Crippen LogP contribution in [0.3, 0.4) is 0 Å². The predicted octanol–water partition coefficient (Wildman–Crippen LogP) is 15.0. The first-order valence-electron chi connectivity index (χ1n) is 23.0. The first-order valence-corrected chi connectivity index (χ1v) is 23.0. The fourth-order valence-corrected chi connectivity index (χ4v) is 12.5. The lowest BCUT2D eigenvalue weighted by molar-refractivity contribution is 0.614.